The van der Waals surface area contributed by atoms with Crippen molar-refractivity contribution in [1.29, 1.82) is 0 Å². The highest BCUT2D eigenvalue weighted by Gasteiger charge is 2.19. The Morgan fingerprint density at radius 2 is 2.05 bits per heavy atom. The first-order valence-corrected chi connectivity index (χ1v) is 7.21. The van der Waals surface area contributed by atoms with Gasteiger partial charge in [0.25, 0.3) is 0 Å². The van der Waals surface area contributed by atoms with Crippen molar-refractivity contribution in [2.75, 3.05) is 20.1 Å². The van der Waals surface area contributed by atoms with E-state index in [1.807, 2.05) is 26.8 Å². The Labute approximate surface area is 121 Å². The molecule has 0 fully saturated rings. The van der Waals surface area contributed by atoms with Crippen LogP contribution in [0, 0.1) is 0 Å². The lowest BCUT2D eigenvalue weighted by molar-refractivity contribution is -0.117. The second-order valence-electron chi connectivity index (χ2n) is 6.13. The van der Waals surface area contributed by atoms with E-state index in [0.717, 1.165) is 31.3 Å². The van der Waals surface area contributed by atoms with Gasteiger partial charge in [-0.25, -0.2) is 4.79 Å². The molecule has 0 aromatic carbocycles. The lowest BCUT2D eigenvalue weighted by atomic mass is 9.99. The molecule has 0 spiro atoms. The molecule has 5 nitrogen and oxygen atoms in total. The zero-order valence-corrected chi connectivity index (χ0v) is 13.0. The molecule has 0 radical (unpaired) electrons. The van der Waals surface area contributed by atoms with Gasteiger partial charge < -0.3 is 15.0 Å². The van der Waals surface area contributed by atoms with E-state index in [1.54, 1.807) is 7.05 Å². The number of hydrogen-bond donors (Lipinski definition) is 1. The Morgan fingerprint density at radius 3 is 2.60 bits per heavy atom. The van der Waals surface area contributed by atoms with Crippen LogP contribution in [0.3, 0.4) is 0 Å². The van der Waals surface area contributed by atoms with Gasteiger partial charge >= 0.3 is 6.09 Å². The Kier molecular flexibility index (Phi) is 6.05. The summed E-state index contributed by atoms with van der Waals surface area (Å²) in [6.07, 6.45) is 5.73. The van der Waals surface area contributed by atoms with Gasteiger partial charge in [0, 0.05) is 25.7 Å². The van der Waals surface area contributed by atoms with Crippen LogP contribution >= 0.6 is 0 Å². The number of nitrogens with zero attached hydrogens (tertiary/aromatic N) is 1. The maximum absolute atomic E-state index is 11.9. The first kappa shape index (κ1) is 16.5. The standard InChI is InChI=1S/C15H26N2O3/c1-15(2,3)20-14(19)17(4)11-10-16-13(18)12-8-6-5-7-9-12/h8H,5-7,9-11H2,1-4H3,(H,16,18). The lowest BCUT2D eigenvalue weighted by Gasteiger charge is -2.24. The smallest absolute Gasteiger partial charge is 0.410 e. The summed E-state index contributed by atoms with van der Waals surface area (Å²) in [6, 6.07) is 0. The summed E-state index contributed by atoms with van der Waals surface area (Å²) in [5.41, 5.74) is 0.373. The van der Waals surface area contributed by atoms with Crippen LogP contribution in [0.4, 0.5) is 4.79 Å². The van der Waals surface area contributed by atoms with Crippen molar-refractivity contribution in [2.45, 2.75) is 52.1 Å². The van der Waals surface area contributed by atoms with Crippen molar-refractivity contribution in [3.05, 3.63) is 11.6 Å². The van der Waals surface area contributed by atoms with Crippen LogP contribution in [0.15, 0.2) is 11.6 Å². The summed E-state index contributed by atoms with van der Waals surface area (Å²) in [4.78, 5) is 25.1. The summed E-state index contributed by atoms with van der Waals surface area (Å²) in [6.45, 7) is 6.36. The van der Waals surface area contributed by atoms with Crippen molar-refractivity contribution in [1.82, 2.24) is 10.2 Å². The van der Waals surface area contributed by atoms with Crippen molar-refractivity contribution < 1.29 is 14.3 Å². The minimum absolute atomic E-state index is 0.0118. The van der Waals surface area contributed by atoms with Crippen LogP contribution in [0.5, 0.6) is 0 Å². The Balaban J connectivity index is 2.27. The first-order valence-electron chi connectivity index (χ1n) is 7.21. The number of hydrogen-bond acceptors (Lipinski definition) is 3. The number of likely N-dealkylation sites (N-methyl/N-ethyl adjacent to an activating group) is 1. The molecule has 0 aliphatic heterocycles. The molecular formula is C15H26N2O3. The highest BCUT2D eigenvalue weighted by Crippen LogP contribution is 2.17. The maximum Gasteiger partial charge on any atom is 0.410 e. The summed E-state index contributed by atoms with van der Waals surface area (Å²) >= 11 is 0. The van der Waals surface area contributed by atoms with Gasteiger partial charge in [-0.3, -0.25) is 4.79 Å². The average Bonchev–Trinajstić information content (AvgIpc) is 2.37. The van der Waals surface area contributed by atoms with Gasteiger partial charge in [-0.2, -0.15) is 0 Å². The monoisotopic (exact) mass is 282 g/mol. The Morgan fingerprint density at radius 1 is 1.35 bits per heavy atom. The third kappa shape index (κ3) is 6.08. The van der Waals surface area contributed by atoms with Crippen LogP contribution in [-0.2, 0) is 9.53 Å². The summed E-state index contributed by atoms with van der Waals surface area (Å²) in [5, 5.41) is 2.84. The fraction of sp³-hybridized carbons (Fsp3) is 0.733. The largest absolute Gasteiger partial charge is 0.444 e. The Hall–Kier alpha value is -1.52. The van der Waals surface area contributed by atoms with Crippen LogP contribution < -0.4 is 5.32 Å². The fourth-order valence-electron chi connectivity index (χ4n) is 1.93. The number of ether oxygens (including phenoxy) is 1. The molecule has 0 saturated carbocycles. The summed E-state index contributed by atoms with van der Waals surface area (Å²) in [5.74, 6) is -0.0118. The number of allylic oxidation sites excluding steroid dienone is 1. The molecule has 5 heteroatoms. The van der Waals surface area contributed by atoms with E-state index in [2.05, 4.69) is 5.32 Å². The SMILES string of the molecule is CN(CCNC(=O)C1=CCCCC1)C(=O)OC(C)(C)C. The van der Waals surface area contributed by atoms with Gasteiger partial charge in [0.05, 0.1) is 0 Å². The number of nitrogens with one attached hydrogen (secondary N) is 1. The molecule has 1 rings (SSSR count). The first-order chi connectivity index (χ1) is 9.29. The van der Waals surface area contributed by atoms with E-state index in [9.17, 15) is 9.59 Å². The molecule has 0 aromatic heterocycles. The minimum Gasteiger partial charge on any atom is -0.444 e. The third-order valence-electron chi connectivity index (χ3n) is 3.02. The molecule has 1 aliphatic rings. The van der Waals surface area contributed by atoms with E-state index in [4.69, 9.17) is 4.74 Å². The normalized spacial score (nSPS) is 15.3. The van der Waals surface area contributed by atoms with Gasteiger partial charge in [-0.05, 0) is 46.5 Å². The third-order valence-corrected chi connectivity index (χ3v) is 3.02. The molecule has 0 saturated heterocycles. The van der Waals surface area contributed by atoms with Crippen LogP contribution in [0.1, 0.15) is 46.5 Å². The van der Waals surface area contributed by atoms with E-state index >= 15 is 0 Å². The predicted molar refractivity (Wildman–Crippen MR) is 78.4 cm³/mol. The number of rotatable bonds is 4. The van der Waals surface area contributed by atoms with Crippen LogP contribution in [0.25, 0.3) is 0 Å². The summed E-state index contributed by atoms with van der Waals surface area (Å²) in [7, 11) is 1.67. The highest BCUT2D eigenvalue weighted by atomic mass is 16.6. The second kappa shape index (κ2) is 7.31. The van der Waals surface area contributed by atoms with Crippen molar-refractivity contribution in [3.63, 3.8) is 0 Å². The van der Waals surface area contributed by atoms with E-state index in [1.165, 1.54) is 4.90 Å². The molecule has 1 aliphatic carbocycles. The molecule has 114 valence electrons. The molecule has 0 heterocycles. The average molecular weight is 282 g/mol. The van der Waals surface area contributed by atoms with Gasteiger partial charge in [-0.15, -0.1) is 0 Å². The molecule has 0 bridgehead atoms. The molecule has 1 N–H and O–H groups in total. The van der Waals surface area contributed by atoms with E-state index in [0.29, 0.717) is 13.1 Å². The maximum atomic E-state index is 11.9. The highest BCUT2D eigenvalue weighted by molar-refractivity contribution is 5.93. The predicted octanol–water partition coefficient (Wildman–Crippen LogP) is 2.47. The number of carbonyl (C=O) groups excluding carboxylic acids is 2. The van der Waals surface area contributed by atoms with Crippen molar-refractivity contribution in [3.8, 4) is 0 Å². The van der Waals surface area contributed by atoms with Gasteiger partial charge in [-0.1, -0.05) is 6.08 Å². The second-order valence-corrected chi connectivity index (χ2v) is 6.13. The molecule has 20 heavy (non-hydrogen) atoms. The van der Waals surface area contributed by atoms with Crippen LogP contribution in [0.2, 0.25) is 0 Å². The molecule has 0 aromatic rings. The quantitative estimate of drug-likeness (QED) is 0.861. The zero-order chi connectivity index (χ0) is 15.2. The zero-order valence-electron chi connectivity index (χ0n) is 13.0. The van der Waals surface area contributed by atoms with Gasteiger partial charge in [0.1, 0.15) is 5.60 Å². The fourth-order valence-corrected chi connectivity index (χ4v) is 1.93. The molecule has 0 unspecified atom stereocenters. The van der Waals surface area contributed by atoms with Crippen molar-refractivity contribution >= 4 is 12.0 Å². The number of amides is 2. The number of carbonyl (C=O) groups is 2. The van der Waals surface area contributed by atoms with E-state index in [-0.39, 0.29) is 12.0 Å². The summed E-state index contributed by atoms with van der Waals surface area (Å²) < 4.78 is 5.24. The minimum atomic E-state index is -0.499. The van der Waals surface area contributed by atoms with Crippen LogP contribution in [-0.4, -0.2) is 42.6 Å². The molecule has 0 atom stereocenters. The van der Waals surface area contributed by atoms with Gasteiger partial charge in [0.15, 0.2) is 0 Å². The lowest BCUT2D eigenvalue weighted by Crippen LogP contribution is -2.39. The van der Waals surface area contributed by atoms with E-state index < -0.39 is 5.60 Å². The molecular weight excluding hydrogens is 256 g/mol. The molecule has 2 amide bonds. The van der Waals surface area contributed by atoms with Gasteiger partial charge in [0.2, 0.25) is 5.91 Å². The topological polar surface area (TPSA) is 58.6 Å². The van der Waals surface area contributed by atoms with Crippen molar-refractivity contribution in [2.24, 2.45) is 0 Å². The Bertz CT molecular complexity index is 383.